The zero-order valence-electron chi connectivity index (χ0n) is 14.6. The predicted octanol–water partition coefficient (Wildman–Crippen LogP) is 2.97. The van der Waals surface area contributed by atoms with Crippen LogP contribution in [0.3, 0.4) is 0 Å². The van der Waals surface area contributed by atoms with Gasteiger partial charge in [-0.15, -0.1) is 13.2 Å². The van der Waals surface area contributed by atoms with Crippen LogP contribution in [-0.2, 0) is 16.6 Å². The summed E-state index contributed by atoms with van der Waals surface area (Å²) < 4.78 is 66.8. The standard InChI is InChI=1S/C17H23F3N2O3S/c1-21(26(23,24)16-8-9-16)14-3-2-10-22(12-14)11-13-4-6-15(7-5-13)25-17(18,19)20/h4-7,14,16H,2-3,8-12H2,1H3. The first-order valence-corrected chi connectivity index (χ1v) is 10.2. The molecule has 1 aliphatic heterocycles. The molecule has 1 aromatic rings. The summed E-state index contributed by atoms with van der Waals surface area (Å²) in [5.41, 5.74) is 0.868. The van der Waals surface area contributed by atoms with E-state index in [4.69, 9.17) is 0 Å². The molecule has 5 nitrogen and oxygen atoms in total. The summed E-state index contributed by atoms with van der Waals surface area (Å²) in [5, 5.41) is -0.218. The van der Waals surface area contributed by atoms with E-state index >= 15 is 0 Å². The van der Waals surface area contributed by atoms with Gasteiger partial charge in [0.2, 0.25) is 10.0 Å². The Bertz CT molecular complexity index is 718. The van der Waals surface area contributed by atoms with Crippen LogP contribution in [-0.4, -0.2) is 55.4 Å². The summed E-state index contributed by atoms with van der Waals surface area (Å²) in [5.74, 6) is -0.243. The van der Waals surface area contributed by atoms with Crippen molar-refractivity contribution in [2.24, 2.45) is 0 Å². The van der Waals surface area contributed by atoms with Crippen LogP contribution in [0.4, 0.5) is 13.2 Å². The Morgan fingerprint density at radius 2 is 1.85 bits per heavy atom. The Kier molecular flexibility index (Phi) is 5.50. The number of alkyl halides is 3. The molecule has 146 valence electrons. The molecule has 1 aliphatic carbocycles. The third-order valence-electron chi connectivity index (χ3n) is 4.90. The van der Waals surface area contributed by atoms with Crippen molar-refractivity contribution < 1.29 is 26.3 Å². The van der Waals surface area contributed by atoms with Crippen LogP contribution in [0.15, 0.2) is 24.3 Å². The molecule has 2 fully saturated rings. The van der Waals surface area contributed by atoms with E-state index in [1.54, 1.807) is 19.2 Å². The lowest BCUT2D eigenvalue weighted by Crippen LogP contribution is -2.48. The maximum Gasteiger partial charge on any atom is 0.573 e. The highest BCUT2D eigenvalue weighted by molar-refractivity contribution is 7.90. The fraction of sp³-hybridized carbons (Fsp3) is 0.647. The summed E-state index contributed by atoms with van der Waals surface area (Å²) >= 11 is 0. The monoisotopic (exact) mass is 392 g/mol. The molecule has 1 aromatic carbocycles. The van der Waals surface area contributed by atoms with Gasteiger partial charge in [-0.2, -0.15) is 0 Å². The van der Waals surface area contributed by atoms with Crippen molar-refractivity contribution in [1.29, 1.82) is 0 Å². The van der Waals surface area contributed by atoms with E-state index in [1.165, 1.54) is 16.4 Å². The Morgan fingerprint density at radius 3 is 2.42 bits per heavy atom. The zero-order valence-corrected chi connectivity index (χ0v) is 15.4. The molecule has 1 saturated carbocycles. The normalized spacial score (nSPS) is 22.6. The van der Waals surface area contributed by atoms with Gasteiger partial charge in [0.05, 0.1) is 5.25 Å². The lowest BCUT2D eigenvalue weighted by molar-refractivity contribution is -0.274. The highest BCUT2D eigenvalue weighted by Crippen LogP contribution is 2.32. The SMILES string of the molecule is CN(C1CCCN(Cc2ccc(OC(F)(F)F)cc2)C1)S(=O)(=O)C1CC1. The number of benzene rings is 1. The second-order valence-electron chi connectivity index (χ2n) is 6.98. The molecular formula is C17H23F3N2O3S. The Hall–Kier alpha value is -1.32. The van der Waals surface area contributed by atoms with E-state index in [1.807, 2.05) is 0 Å². The summed E-state index contributed by atoms with van der Waals surface area (Å²) in [7, 11) is -1.54. The second-order valence-corrected chi connectivity index (χ2v) is 9.26. The molecular weight excluding hydrogens is 369 g/mol. The van der Waals surface area contributed by atoms with E-state index in [2.05, 4.69) is 9.64 Å². The average molecular weight is 392 g/mol. The highest BCUT2D eigenvalue weighted by Gasteiger charge is 2.41. The van der Waals surface area contributed by atoms with Crippen LogP contribution in [0.5, 0.6) is 5.75 Å². The minimum Gasteiger partial charge on any atom is -0.406 e. The molecule has 1 saturated heterocycles. The first kappa shape index (κ1) is 19.4. The highest BCUT2D eigenvalue weighted by atomic mass is 32.2. The van der Waals surface area contributed by atoms with E-state index in [-0.39, 0.29) is 17.0 Å². The summed E-state index contributed by atoms with van der Waals surface area (Å²) in [6.45, 7) is 2.04. The Balaban J connectivity index is 1.58. The van der Waals surface area contributed by atoms with Crippen molar-refractivity contribution >= 4 is 10.0 Å². The van der Waals surface area contributed by atoms with Gasteiger partial charge >= 0.3 is 6.36 Å². The lowest BCUT2D eigenvalue weighted by atomic mass is 10.0. The van der Waals surface area contributed by atoms with Crippen molar-refractivity contribution in [3.05, 3.63) is 29.8 Å². The fourth-order valence-electron chi connectivity index (χ4n) is 3.34. The predicted molar refractivity (Wildman–Crippen MR) is 91.1 cm³/mol. The van der Waals surface area contributed by atoms with Crippen LogP contribution >= 0.6 is 0 Å². The average Bonchev–Trinajstić information content (AvgIpc) is 3.40. The van der Waals surface area contributed by atoms with Gasteiger partial charge in [-0.25, -0.2) is 12.7 Å². The van der Waals surface area contributed by atoms with Gasteiger partial charge < -0.3 is 4.74 Å². The quantitative estimate of drug-likeness (QED) is 0.747. The zero-order chi connectivity index (χ0) is 18.9. The number of piperidine rings is 1. The molecule has 1 atom stereocenters. The van der Waals surface area contributed by atoms with Gasteiger partial charge in [-0.05, 0) is 49.9 Å². The Labute approximate surface area is 151 Å². The van der Waals surface area contributed by atoms with Crippen LogP contribution < -0.4 is 4.74 Å². The minimum absolute atomic E-state index is 0.0535. The number of likely N-dealkylation sites (N-methyl/N-ethyl adjacent to an activating group) is 1. The topological polar surface area (TPSA) is 49.9 Å². The maximum absolute atomic E-state index is 12.4. The van der Waals surface area contributed by atoms with Gasteiger partial charge in [0, 0.05) is 26.2 Å². The first-order valence-electron chi connectivity index (χ1n) is 8.69. The molecule has 1 heterocycles. The number of ether oxygens (including phenoxy) is 1. The number of hydrogen-bond acceptors (Lipinski definition) is 4. The number of sulfonamides is 1. The third kappa shape index (κ3) is 4.89. The summed E-state index contributed by atoms with van der Waals surface area (Å²) in [6, 6.07) is 5.76. The van der Waals surface area contributed by atoms with Crippen molar-refractivity contribution in [2.45, 2.75) is 49.9 Å². The van der Waals surface area contributed by atoms with Gasteiger partial charge in [-0.1, -0.05) is 12.1 Å². The van der Waals surface area contributed by atoms with Crippen molar-refractivity contribution in [3.8, 4) is 5.75 Å². The fourth-order valence-corrected chi connectivity index (χ4v) is 5.12. The first-order chi connectivity index (χ1) is 12.1. The van der Waals surface area contributed by atoms with Gasteiger partial charge in [0.15, 0.2) is 0 Å². The van der Waals surface area contributed by atoms with Crippen molar-refractivity contribution in [3.63, 3.8) is 0 Å². The summed E-state index contributed by atoms with van der Waals surface area (Å²) in [4.78, 5) is 2.15. The molecule has 0 amide bonds. The number of nitrogens with zero attached hydrogens (tertiary/aromatic N) is 2. The molecule has 1 unspecified atom stereocenters. The van der Waals surface area contributed by atoms with Crippen molar-refractivity contribution in [2.75, 3.05) is 20.1 Å². The second kappa shape index (κ2) is 7.36. The molecule has 0 radical (unpaired) electrons. The third-order valence-corrected chi connectivity index (χ3v) is 7.32. The van der Waals surface area contributed by atoms with Gasteiger partial charge in [0.1, 0.15) is 5.75 Å². The van der Waals surface area contributed by atoms with Crippen LogP contribution in [0.1, 0.15) is 31.2 Å². The molecule has 0 bridgehead atoms. The largest absolute Gasteiger partial charge is 0.573 e. The molecule has 3 rings (SSSR count). The van der Waals surface area contributed by atoms with Crippen LogP contribution in [0.2, 0.25) is 0 Å². The minimum atomic E-state index is -4.70. The van der Waals surface area contributed by atoms with Crippen LogP contribution in [0, 0.1) is 0 Å². The number of hydrogen-bond donors (Lipinski definition) is 0. The lowest BCUT2D eigenvalue weighted by Gasteiger charge is -2.37. The number of halogens is 3. The van der Waals surface area contributed by atoms with Crippen LogP contribution in [0.25, 0.3) is 0 Å². The molecule has 2 aliphatic rings. The van der Waals surface area contributed by atoms with Crippen molar-refractivity contribution in [1.82, 2.24) is 9.21 Å². The number of rotatable bonds is 6. The summed E-state index contributed by atoms with van der Waals surface area (Å²) in [6.07, 6.45) is -1.48. The molecule has 26 heavy (non-hydrogen) atoms. The van der Waals surface area contributed by atoms with E-state index in [0.29, 0.717) is 13.1 Å². The molecule has 0 spiro atoms. The Morgan fingerprint density at radius 1 is 1.19 bits per heavy atom. The van der Waals surface area contributed by atoms with E-state index in [0.717, 1.165) is 37.8 Å². The molecule has 0 N–H and O–H groups in total. The van der Waals surface area contributed by atoms with Gasteiger partial charge in [-0.3, -0.25) is 4.90 Å². The maximum atomic E-state index is 12.4. The number of likely N-dealkylation sites (tertiary alicyclic amines) is 1. The molecule has 0 aromatic heterocycles. The van der Waals surface area contributed by atoms with Gasteiger partial charge in [0.25, 0.3) is 0 Å². The smallest absolute Gasteiger partial charge is 0.406 e. The molecule has 9 heteroatoms. The van der Waals surface area contributed by atoms with E-state index in [9.17, 15) is 21.6 Å². The van der Waals surface area contributed by atoms with E-state index < -0.39 is 16.4 Å².